The molecule has 1 aromatic heterocycles. The molecule has 0 radical (unpaired) electrons. The average Bonchev–Trinajstić information content (AvgIpc) is 3.02. The molecular weight excluding hydrogens is 260 g/mol. The predicted octanol–water partition coefficient (Wildman–Crippen LogP) is 3.82. The number of nitrogens with one attached hydrogen (secondary N) is 1. The Labute approximate surface area is 115 Å². The zero-order valence-electron chi connectivity index (χ0n) is 10.1. The first kappa shape index (κ1) is 10.9. The van der Waals surface area contributed by atoms with Crippen molar-refractivity contribution in [1.82, 2.24) is 9.97 Å². The number of H-pyrrole nitrogens is 1. The molecule has 0 saturated heterocycles. The second kappa shape index (κ2) is 4.00. The summed E-state index contributed by atoms with van der Waals surface area (Å²) >= 11 is 5.99. The SMILES string of the molecule is Clc1ccc2nc(-c3ccc4c(c3)CCO4)[nH]c2c1. The zero-order valence-corrected chi connectivity index (χ0v) is 10.9. The molecule has 1 aliphatic rings. The maximum Gasteiger partial charge on any atom is 0.138 e. The summed E-state index contributed by atoms with van der Waals surface area (Å²) in [5.74, 6) is 1.86. The quantitative estimate of drug-likeness (QED) is 0.730. The first-order chi connectivity index (χ1) is 9.29. The van der Waals surface area contributed by atoms with Gasteiger partial charge in [-0.2, -0.15) is 0 Å². The summed E-state index contributed by atoms with van der Waals surface area (Å²) in [5, 5.41) is 0.713. The Balaban J connectivity index is 1.85. The van der Waals surface area contributed by atoms with E-state index in [1.807, 2.05) is 30.3 Å². The molecule has 4 rings (SSSR count). The predicted molar refractivity (Wildman–Crippen MR) is 75.7 cm³/mol. The van der Waals surface area contributed by atoms with Crippen molar-refractivity contribution < 1.29 is 4.74 Å². The zero-order chi connectivity index (χ0) is 12.8. The van der Waals surface area contributed by atoms with E-state index in [0.717, 1.165) is 41.2 Å². The number of rotatable bonds is 1. The van der Waals surface area contributed by atoms with Gasteiger partial charge in [0.05, 0.1) is 17.6 Å². The van der Waals surface area contributed by atoms with E-state index >= 15 is 0 Å². The lowest BCUT2D eigenvalue weighted by Crippen LogP contribution is -1.85. The number of halogens is 1. The molecule has 3 aromatic rings. The van der Waals surface area contributed by atoms with Gasteiger partial charge >= 0.3 is 0 Å². The number of fused-ring (bicyclic) bond motifs is 2. The fourth-order valence-corrected chi connectivity index (χ4v) is 2.62. The molecule has 0 bridgehead atoms. The van der Waals surface area contributed by atoms with E-state index in [2.05, 4.69) is 16.0 Å². The van der Waals surface area contributed by atoms with Crippen LogP contribution in [-0.4, -0.2) is 16.6 Å². The van der Waals surface area contributed by atoms with Crippen LogP contribution in [0.3, 0.4) is 0 Å². The van der Waals surface area contributed by atoms with Crippen molar-refractivity contribution in [2.45, 2.75) is 6.42 Å². The van der Waals surface area contributed by atoms with E-state index in [-0.39, 0.29) is 0 Å². The second-order valence-corrected chi connectivity index (χ2v) is 5.10. The van der Waals surface area contributed by atoms with Crippen LogP contribution >= 0.6 is 11.6 Å². The van der Waals surface area contributed by atoms with E-state index in [1.54, 1.807) is 0 Å². The smallest absolute Gasteiger partial charge is 0.138 e. The molecule has 2 aromatic carbocycles. The van der Waals surface area contributed by atoms with Gasteiger partial charge in [0.25, 0.3) is 0 Å². The largest absolute Gasteiger partial charge is 0.493 e. The fraction of sp³-hybridized carbons (Fsp3) is 0.133. The minimum absolute atomic E-state index is 0.713. The highest BCUT2D eigenvalue weighted by atomic mass is 35.5. The highest BCUT2D eigenvalue weighted by molar-refractivity contribution is 6.31. The van der Waals surface area contributed by atoms with Crippen LogP contribution < -0.4 is 4.74 Å². The van der Waals surface area contributed by atoms with Crippen LogP contribution in [0.4, 0.5) is 0 Å². The van der Waals surface area contributed by atoms with Crippen LogP contribution in [0.2, 0.25) is 5.02 Å². The molecule has 0 saturated carbocycles. The summed E-state index contributed by atoms with van der Waals surface area (Å²) in [6, 6.07) is 11.9. The average molecular weight is 271 g/mol. The van der Waals surface area contributed by atoms with Crippen molar-refractivity contribution in [3.63, 3.8) is 0 Å². The Morgan fingerprint density at radius 2 is 2.11 bits per heavy atom. The molecular formula is C15H11ClN2O. The number of hydrogen-bond acceptors (Lipinski definition) is 2. The van der Waals surface area contributed by atoms with Gasteiger partial charge in [0.15, 0.2) is 0 Å². The van der Waals surface area contributed by atoms with E-state index in [4.69, 9.17) is 16.3 Å². The van der Waals surface area contributed by atoms with Crippen molar-refractivity contribution in [2.24, 2.45) is 0 Å². The number of nitrogens with zero attached hydrogens (tertiary/aromatic N) is 1. The van der Waals surface area contributed by atoms with E-state index in [0.29, 0.717) is 5.02 Å². The van der Waals surface area contributed by atoms with Gasteiger partial charge in [-0.25, -0.2) is 4.98 Å². The summed E-state index contributed by atoms with van der Waals surface area (Å²) in [4.78, 5) is 7.90. The molecule has 4 heteroatoms. The van der Waals surface area contributed by atoms with Crippen molar-refractivity contribution in [1.29, 1.82) is 0 Å². The monoisotopic (exact) mass is 270 g/mol. The number of ether oxygens (including phenoxy) is 1. The van der Waals surface area contributed by atoms with Crippen LogP contribution in [0.25, 0.3) is 22.4 Å². The second-order valence-electron chi connectivity index (χ2n) is 4.67. The number of aromatic nitrogens is 2. The van der Waals surface area contributed by atoms with Gasteiger partial charge in [-0.1, -0.05) is 11.6 Å². The Bertz CT molecular complexity index is 779. The van der Waals surface area contributed by atoms with Crippen LogP contribution in [0.5, 0.6) is 5.75 Å². The van der Waals surface area contributed by atoms with Crippen LogP contribution in [0.15, 0.2) is 36.4 Å². The lowest BCUT2D eigenvalue weighted by molar-refractivity contribution is 0.357. The van der Waals surface area contributed by atoms with Gasteiger partial charge in [0, 0.05) is 17.0 Å². The molecule has 1 N–H and O–H groups in total. The summed E-state index contributed by atoms with van der Waals surface area (Å²) < 4.78 is 5.52. The number of hydrogen-bond donors (Lipinski definition) is 1. The van der Waals surface area contributed by atoms with Gasteiger partial charge in [-0.3, -0.25) is 0 Å². The number of imidazole rings is 1. The van der Waals surface area contributed by atoms with Gasteiger partial charge in [0.1, 0.15) is 11.6 Å². The molecule has 0 atom stereocenters. The van der Waals surface area contributed by atoms with Crippen molar-refractivity contribution in [2.75, 3.05) is 6.61 Å². The van der Waals surface area contributed by atoms with Gasteiger partial charge < -0.3 is 9.72 Å². The minimum atomic E-state index is 0.713. The van der Waals surface area contributed by atoms with Gasteiger partial charge in [-0.05, 0) is 42.0 Å². The summed E-state index contributed by atoms with van der Waals surface area (Å²) in [5.41, 5.74) is 4.21. The van der Waals surface area contributed by atoms with E-state index in [1.165, 1.54) is 5.56 Å². The lowest BCUT2D eigenvalue weighted by atomic mass is 10.1. The molecule has 0 spiro atoms. The van der Waals surface area contributed by atoms with Gasteiger partial charge in [0.2, 0.25) is 0 Å². The molecule has 19 heavy (non-hydrogen) atoms. The highest BCUT2D eigenvalue weighted by Crippen LogP contribution is 2.30. The summed E-state index contributed by atoms with van der Waals surface area (Å²) in [7, 11) is 0. The first-order valence-electron chi connectivity index (χ1n) is 6.21. The third kappa shape index (κ3) is 1.78. The highest BCUT2D eigenvalue weighted by Gasteiger charge is 2.14. The molecule has 94 valence electrons. The van der Waals surface area contributed by atoms with E-state index in [9.17, 15) is 0 Å². The third-order valence-corrected chi connectivity index (χ3v) is 3.64. The standard InChI is InChI=1S/C15H11ClN2O/c16-11-2-3-12-13(8-11)18-15(17-12)10-1-4-14-9(7-10)5-6-19-14/h1-4,7-8H,5-6H2,(H,17,18). The van der Waals surface area contributed by atoms with Gasteiger partial charge in [-0.15, -0.1) is 0 Å². The lowest BCUT2D eigenvalue weighted by Gasteiger charge is -2.01. The number of benzene rings is 2. The Kier molecular flexibility index (Phi) is 2.29. The van der Waals surface area contributed by atoms with Crippen molar-refractivity contribution in [3.8, 4) is 17.1 Å². The molecule has 0 amide bonds. The van der Waals surface area contributed by atoms with Crippen LogP contribution in [0.1, 0.15) is 5.56 Å². The molecule has 1 aliphatic heterocycles. The Hall–Kier alpha value is -2.00. The molecule has 2 heterocycles. The molecule has 0 fully saturated rings. The minimum Gasteiger partial charge on any atom is -0.493 e. The van der Waals surface area contributed by atoms with E-state index < -0.39 is 0 Å². The topological polar surface area (TPSA) is 37.9 Å². The number of aromatic amines is 1. The molecule has 0 unspecified atom stereocenters. The molecule has 3 nitrogen and oxygen atoms in total. The fourth-order valence-electron chi connectivity index (χ4n) is 2.45. The first-order valence-corrected chi connectivity index (χ1v) is 6.59. The Morgan fingerprint density at radius 3 is 3.05 bits per heavy atom. The van der Waals surface area contributed by atoms with Crippen molar-refractivity contribution >= 4 is 22.6 Å². The van der Waals surface area contributed by atoms with Crippen LogP contribution in [0, 0.1) is 0 Å². The normalized spacial score (nSPS) is 13.5. The van der Waals surface area contributed by atoms with Crippen molar-refractivity contribution in [3.05, 3.63) is 47.0 Å². The maximum atomic E-state index is 5.99. The Morgan fingerprint density at radius 1 is 1.16 bits per heavy atom. The molecule has 0 aliphatic carbocycles. The maximum absolute atomic E-state index is 5.99. The third-order valence-electron chi connectivity index (χ3n) is 3.41. The summed E-state index contributed by atoms with van der Waals surface area (Å²) in [6.45, 7) is 0.772. The summed E-state index contributed by atoms with van der Waals surface area (Å²) in [6.07, 6.45) is 0.967. The van der Waals surface area contributed by atoms with Crippen LogP contribution in [-0.2, 0) is 6.42 Å².